The zero-order valence-electron chi connectivity index (χ0n) is 17.7. The molecule has 162 valence electrons. The van der Waals surface area contributed by atoms with Crippen LogP contribution in [0.15, 0.2) is 29.3 Å². The van der Waals surface area contributed by atoms with Gasteiger partial charge in [-0.05, 0) is 26.3 Å². The molecule has 8 heteroatoms. The predicted octanol–water partition coefficient (Wildman–Crippen LogP) is 2.57. The quantitative estimate of drug-likeness (QED) is 0.358. The number of rotatable bonds is 5. The summed E-state index contributed by atoms with van der Waals surface area (Å²) in [6.45, 7) is 6.64. The minimum Gasteiger partial charge on any atom is -0.487 e. The van der Waals surface area contributed by atoms with E-state index in [9.17, 15) is 4.79 Å². The van der Waals surface area contributed by atoms with Crippen molar-refractivity contribution in [1.29, 1.82) is 0 Å². The fourth-order valence-electron chi connectivity index (χ4n) is 3.52. The highest BCUT2D eigenvalue weighted by atomic mass is 127. The Morgan fingerprint density at radius 1 is 1.31 bits per heavy atom. The van der Waals surface area contributed by atoms with Crippen molar-refractivity contribution in [3.05, 3.63) is 29.8 Å². The number of guanidine groups is 1. The minimum absolute atomic E-state index is 0. The van der Waals surface area contributed by atoms with Gasteiger partial charge in [0.1, 0.15) is 17.9 Å². The molecule has 1 aromatic rings. The number of amides is 1. The van der Waals surface area contributed by atoms with Gasteiger partial charge in [-0.3, -0.25) is 4.79 Å². The summed E-state index contributed by atoms with van der Waals surface area (Å²) in [5, 5.41) is 6.94. The Bertz CT molecular complexity index is 718. The second-order valence-electron chi connectivity index (χ2n) is 8.36. The van der Waals surface area contributed by atoms with Crippen LogP contribution in [0.2, 0.25) is 0 Å². The maximum atomic E-state index is 12.0. The Hall–Kier alpha value is -1.55. The SMILES string of the molecule is CN(C)C(=O)CN=C(NCC1CCOC1)NC1CC(C)(C)Oc2ccccc21.I. The zero-order chi connectivity index (χ0) is 20.1. The molecular formula is C21H33IN4O3. The van der Waals surface area contributed by atoms with Gasteiger partial charge >= 0.3 is 0 Å². The van der Waals surface area contributed by atoms with Crippen molar-refractivity contribution in [1.82, 2.24) is 15.5 Å². The molecule has 7 nitrogen and oxygen atoms in total. The molecule has 2 atom stereocenters. The average molecular weight is 516 g/mol. The number of benzene rings is 1. The van der Waals surface area contributed by atoms with Crippen molar-refractivity contribution in [3.63, 3.8) is 0 Å². The Kier molecular flexibility index (Phi) is 8.57. The van der Waals surface area contributed by atoms with Gasteiger partial charge in [-0.2, -0.15) is 0 Å². The van der Waals surface area contributed by atoms with E-state index in [2.05, 4.69) is 35.5 Å². The summed E-state index contributed by atoms with van der Waals surface area (Å²) in [6, 6.07) is 8.14. The predicted molar refractivity (Wildman–Crippen MR) is 125 cm³/mol. The molecule has 2 unspecified atom stereocenters. The van der Waals surface area contributed by atoms with Crippen LogP contribution in [-0.2, 0) is 9.53 Å². The molecule has 29 heavy (non-hydrogen) atoms. The summed E-state index contributed by atoms with van der Waals surface area (Å²) in [7, 11) is 3.48. The van der Waals surface area contributed by atoms with Crippen molar-refractivity contribution >= 4 is 35.8 Å². The van der Waals surface area contributed by atoms with Crippen LogP contribution in [0.5, 0.6) is 5.75 Å². The van der Waals surface area contributed by atoms with Crippen molar-refractivity contribution in [3.8, 4) is 5.75 Å². The van der Waals surface area contributed by atoms with Crippen molar-refractivity contribution < 1.29 is 14.3 Å². The third-order valence-electron chi connectivity index (χ3n) is 5.14. The van der Waals surface area contributed by atoms with Gasteiger partial charge in [-0.15, -0.1) is 24.0 Å². The molecule has 1 aromatic carbocycles. The lowest BCUT2D eigenvalue weighted by Gasteiger charge is -2.38. The zero-order valence-corrected chi connectivity index (χ0v) is 20.1. The van der Waals surface area contributed by atoms with Crippen molar-refractivity contribution in [2.24, 2.45) is 10.9 Å². The molecule has 1 fully saturated rings. The molecule has 0 aliphatic carbocycles. The van der Waals surface area contributed by atoms with Gasteiger partial charge in [-0.25, -0.2) is 4.99 Å². The third-order valence-corrected chi connectivity index (χ3v) is 5.14. The number of likely N-dealkylation sites (N-methyl/N-ethyl adjacent to an activating group) is 1. The fraction of sp³-hybridized carbons (Fsp3) is 0.619. The first-order chi connectivity index (χ1) is 13.3. The molecule has 2 N–H and O–H groups in total. The number of fused-ring (bicyclic) bond motifs is 1. The highest BCUT2D eigenvalue weighted by Crippen LogP contribution is 2.39. The molecule has 0 saturated carbocycles. The molecule has 3 rings (SSSR count). The van der Waals surface area contributed by atoms with Crippen molar-refractivity contribution in [2.45, 2.75) is 38.3 Å². The molecule has 0 spiro atoms. The molecule has 0 radical (unpaired) electrons. The van der Waals surface area contributed by atoms with Crippen LogP contribution in [0.1, 0.15) is 38.3 Å². The standard InChI is InChI=1S/C21H32N4O3.HI/c1-21(2)11-17(16-7-5-6-8-18(16)28-21)24-20(23-13-19(26)25(3)4)22-12-15-9-10-27-14-15;/h5-8,15,17H,9-14H2,1-4H3,(H2,22,23,24);1H. The monoisotopic (exact) mass is 516 g/mol. The fourth-order valence-corrected chi connectivity index (χ4v) is 3.52. The van der Waals surface area contributed by atoms with E-state index >= 15 is 0 Å². The number of nitrogens with one attached hydrogen (secondary N) is 2. The number of nitrogens with zero attached hydrogens (tertiary/aromatic N) is 2. The summed E-state index contributed by atoms with van der Waals surface area (Å²) < 4.78 is 11.6. The lowest BCUT2D eigenvalue weighted by atomic mass is 9.90. The first-order valence-electron chi connectivity index (χ1n) is 9.95. The molecular weight excluding hydrogens is 483 g/mol. The maximum Gasteiger partial charge on any atom is 0.243 e. The summed E-state index contributed by atoms with van der Waals surface area (Å²) in [6.07, 6.45) is 1.85. The van der Waals surface area contributed by atoms with Gasteiger partial charge in [-0.1, -0.05) is 18.2 Å². The lowest BCUT2D eigenvalue weighted by Crippen LogP contribution is -2.46. The number of hydrogen-bond acceptors (Lipinski definition) is 4. The Morgan fingerprint density at radius 3 is 2.76 bits per heavy atom. The Balaban J connectivity index is 0.00000300. The van der Waals surface area contributed by atoms with E-state index in [0.717, 1.165) is 43.9 Å². The van der Waals surface area contributed by atoms with Gasteiger partial charge < -0.3 is 25.0 Å². The van der Waals surface area contributed by atoms with Gasteiger partial charge in [0.15, 0.2) is 5.96 Å². The van der Waals surface area contributed by atoms with E-state index < -0.39 is 0 Å². The number of carbonyl (C=O) groups is 1. The number of aliphatic imine (C=N–C) groups is 1. The lowest BCUT2D eigenvalue weighted by molar-refractivity contribution is -0.127. The number of para-hydroxylation sites is 1. The van der Waals surface area contributed by atoms with Crippen LogP contribution in [0.3, 0.4) is 0 Å². The molecule has 2 aliphatic heterocycles. The van der Waals surface area contributed by atoms with Gasteiger partial charge in [0.25, 0.3) is 0 Å². The molecule has 2 heterocycles. The van der Waals surface area contributed by atoms with Crippen LogP contribution in [0.4, 0.5) is 0 Å². The number of hydrogen-bond donors (Lipinski definition) is 2. The first kappa shape index (κ1) is 23.7. The Morgan fingerprint density at radius 2 is 2.07 bits per heavy atom. The van der Waals surface area contributed by atoms with E-state index in [-0.39, 0.29) is 48.1 Å². The minimum atomic E-state index is -0.282. The molecule has 1 saturated heterocycles. The van der Waals surface area contributed by atoms with E-state index in [4.69, 9.17) is 9.47 Å². The molecule has 1 amide bonds. The highest BCUT2D eigenvalue weighted by Gasteiger charge is 2.34. The molecule has 0 bridgehead atoms. The second kappa shape index (κ2) is 10.5. The van der Waals surface area contributed by atoms with Crippen molar-refractivity contribution in [2.75, 3.05) is 40.4 Å². The summed E-state index contributed by atoms with van der Waals surface area (Å²) in [5.41, 5.74) is 0.829. The first-order valence-corrected chi connectivity index (χ1v) is 9.95. The van der Waals surface area contributed by atoms with Crippen LogP contribution < -0.4 is 15.4 Å². The van der Waals surface area contributed by atoms with Crippen LogP contribution in [-0.4, -0.2) is 62.8 Å². The van der Waals surface area contributed by atoms with E-state index in [1.807, 2.05) is 18.2 Å². The Labute approximate surface area is 190 Å². The third kappa shape index (κ3) is 6.74. The highest BCUT2D eigenvalue weighted by molar-refractivity contribution is 14.0. The van der Waals surface area contributed by atoms with Crippen LogP contribution >= 0.6 is 24.0 Å². The van der Waals surface area contributed by atoms with Gasteiger partial charge in [0, 0.05) is 45.1 Å². The summed E-state index contributed by atoms with van der Waals surface area (Å²) >= 11 is 0. The van der Waals surface area contributed by atoms with E-state index in [1.54, 1.807) is 19.0 Å². The molecule has 0 aromatic heterocycles. The number of ether oxygens (including phenoxy) is 2. The largest absolute Gasteiger partial charge is 0.487 e. The maximum absolute atomic E-state index is 12.0. The van der Waals surface area contributed by atoms with Gasteiger partial charge in [0.05, 0.1) is 12.6 Å². The normalized spacial score (nSPS) is 22.7. The second-order valence-corrected chi connectivity index (χ2v) is 8.36. The summed E-state index contributed by atoms with van der Waals surface area (Å²) in [4.78, 5) is 18.1. The van der Waals surface area contributed by atoms with Gasteiger partial charge in [0.2, 0.25) is 5.91 Å². The molecule has 2 aliphatic rings. The van der Waals surface area contributed by atoms with Crippen LogP contribution in [0.25, 0.3) is 0 Å². The summed E-state index contributed by atoms with van der Waals surface area (Å²) in [5.74, 6) is 1.98. The average Bonchev–Trinajstić information content (AvgIpc) is 3.16. The topological polar surface area (TPSA) is 75.2 Å². The van der Waals surface area contributed by atoms with E-state index in [0.29, 0.717) is 11.9 Å². The van der Waals surface area contributed by atoms with E-state index in [1.165, 1.54) is 0 Å². The van der Waals surface area contributed by atoms with Crippen LogP contribution in [0, 0.1) is 5.92 Å². The smallest absolute Gasteiger partial charge is 0.243 e. The number of carbonyl (C=O) groups excluding carboxylic acids is 1. The number of halogens is 1.